The van der Waals surface area contributed by atoms with E-state index in [2.05, 4.69) is 5.16 Å². The number of pyridine rings is 2. The van der Waals surface area contributed by atoms with Gasteiger partial charge in [-0.3, -0.25) is 0 Å². The molecular weight excluding hydrogens is 590 g/mol. The average Bonchev–Trinajstić information content (AvgIpc) is 3.13. The molecule has 0 aliphatic carbocycles. The molecule has 0 saturated carbocycles. The van der Waals surface area contributed by atoms with Crippen LogP contribution in [0.1, 0.15) is 28.4 Å². The number of hydrogen-bond acceptors (Lipinski definition) is 7. The monoisotopic (exact) mass is 621 g/mol. The molecule has 2 aromatic heterocycles. The second-order valence-electron chi connectivity index (χ2n) is 10.7. The highest BCUT2D eigenvalue weighted by Crippen LogP contribution is 2.30. The lowest BCUT2D eigenvalue weighted by Crippen LogP contribution is -2.23. The van der Waals surface area contributed by atoms with Crippen molar-refractivity contribution in [3.63, 3.8) is 0 Å². The molecule has 0 bridgehead atoms. The number of carboxylic acid groups (broad SMARTS) is 1. The van der Waals surface area contributed by atoms with Crippen molar-refractivity contribution in [1.29, 1.82) is 0 Å². The van der Waals surface area contributed by atoms with Crippen molar-refractivity contribution in [2.24, 2.45) is 5.16 Å². The molecule has 0 aliphatic rings. The van der Waals surface area contributed by atoms with Crippen molar-refractivity contribution >= 4 is 11.7 Å². The Morgan fingerprint density at radius 1 is 0.574 bits per heavy atom. The molecule has 0 atom stereocenters. The fraction of sp³-hybridized carbons (Fsp3) is 0.0769. The fourth-order valence-electron chi connectivity index (χ4n) is 5.22. The van der Waals surface area contributed by atoms with Crippen LogP contribution in [0.15, 0.2) is 151 Å². The Morgan fingerprint density at radius 3 is 1.38 bits per heavy atom. The largest absolute Gasteiger partial charge is 0.487 e. The van der Waals surface area contributed by atoms with E-state index in [9.17, 15) is 15.1 Å². The van der Waals surface area contributed by atoms with E-state index >= 15 is 0 Å². The van der Waals surface area contributed by atoms with Crippen molar-refractivity contribution in [3.8, 4) is 34.0 Å². The summed E-state index contributed by atoms with van der Waals surface area (Å²) in [6.45, 7) is 0.519. The van der Waals surface area contributed by atoms with E-state index in [0.717, 1.165) is 33.9 Å². The van der Waals surface area contributed by atoms with Crippen LogP contribution in [0.2, 0.25) is 0 Å². The third kappa shape index (κ3) is 7.69. The zero-order chi connectivity index (χ0) is 32.4. The van der Waals surface area contributed by atoms with Gasteiger partial charge < -0.3 is 19.8 Å². The maximum absolute atomic E-state index is 12.1. The molecule has 47 heavy (non-hydrogen) atoms. The predicted molar refractivity (Wildman–Crippen MR) is 180 cm³/mol. The molecule has 2 heterocycles. The van der Waals surface area contributed by atoms with Gasteiger partial charge in [-0.05, 0) is 59.7 Å². The third-order valence-electron chi connectivity index (χ3n) is 7.55. The molecule has 4 aromatic carbocycles. The maximum atomic E-state index is 12.1. The Morgan fingerprint density at radius 2 is 1.00 bits per heavy atom. The van der Waals surface area contributed by atoms with Gasteiger partial charge in [-0.25, -0.2) is 14.8 Å². The van der Waals surface area contributed by atoms with Crippen LogP contribution in [-0.2, 0) is 18.0 Å². The number of aliphatic carboxylic acids is 1. The smallest absolute Gasteiger partial charge is 0.354 e. The van der Waals surface area contributed by atoms with Gasteiger partial charge in [0.1, 0.15) is 24.7 Å². The Hall–Kier alpha value is -6.28. The number of ether oxygens (including phenoxy) is 2. The molecule has 0 radical (unpaired) electrons. The van der Waals surface area contributed by atoms with Crippen LogP contribution in [0.5, 0.6) is 11.5 Å². The van der Waals surface area contributed by atoms with Crippen molar-refractivity contribution < 1.29 is 24.6 Å². The first kappa shape index (κ1) is 30.7. The van der Waals surface area contributed by atoms with Crippen molar-refractivity contribution in [2.75, 3.05) is 0 Å². The van der Waals surface area contributed by atoms with Gasteiger partial charge in [0.15, 0.2) is 5.71 Å². The first-order chi connectivity index (χ1) is 23.1. The summed E-state index contributed by atoms with van der Waals surface area (Å²) in [5.41, 5.74) is 6.14. The lowest BCUT2D eigenvalue weighted by molar-refractivity contribution is -0.129. The number of oxime groups is 1. The van der Waals surface area contributed by atoms with Gasteiger partial charge in [0.25, 0.3) is 0 Å². The van der Waals surface area contributed by atoms with Gasteiger partial charge in [-0.1, -0.05) is 102 Å². The molecule has 0 aliphatic heterocycles. The molecular formula is C39H31N3O5. The second kappa shape index (κ2) is 14.7. The van der Waals surface area contributed by atoms with E-state index < -0.39 is 17.6 Å². The third-order valence-corrected chi connectivity index (χ3v) is 7.55. The van der Waals surface area contributed by atoms with Crippen LogP contribution >= 0.6 is 0 Å². The van der Waals surface area contributed by atoms with Crippen LogP contribution in [-0.4, -0.2) is 32.0 Å². The maximum Gasteiger partial charge on any atom is 0.354 e. The van der Waals surface area contributed by atoms with Gasteiger partial charge in [0.2, 0.25) is 0 Å². The van der Waals surface area contributed by atoms with Gasteiger partial charge in [-0.2, -0.15) is 0 Å². The Balaban J connectivity index is 1.14. The highest BCUT2D eigenvalue weighted by Gasteiger charge is 2.27. The van der Waals surface area contributed by atoms with E-state index in [1.807, 2.05) is 97.1 Å². The summed E-state index contributed by atoms with van der Waals surface area (Å²) in [6, 6.07) is 45.5. The van der Waals surface area contributed by atoms with Crippen molar-refractivity contribution in [2.45, 2.75) is 19.1 Å². The SMILES string of the molecule is O=C(O)/C(=N\O)C(c1ccc(OCc2cccc(-c3ccccc3)n2)cc1)c1ccc(OCc2cccc(-c3ccccc3)n2)cc1. The Kier molecular flexibility index (Phi) is 9.59. The summed E-state index contributed by atoms with van der Waals surface area (Å²) in [6.07, 6.45) is 0. The minimum Gasteiger partial charge on any atom is -0.487 e. The number of nitrogens with zero attached hydrogens (tertiary/aromatic N) is 3. The summed E-state index contributed by atoms with van der Waals surface area (Å²) >= 11 is 0. The minimum atomic E-state index is -1.33. The van der Waals surface area contributed by atoms with E-state index in [0.29, 0.717) is 22.6 Å². The van der Waals surface area contributed by atoms with Crippen molar-refractivity contribution in [1.82, 2.24) is 9.97 Å². The number of aromatic nitrogens is 2. The number of rotatable bonds is 12. The molecule has 232 valence electrons. The number of carbonyl (C=O) groups is 1. The summed E-state index contributed by atoms with van der Waals surface area (Å²) in [4.78, 5) is 21.5. The molecule has 2 N–H and O–H groups in total. The molecule has 0 saturated heterocycles. The molecule has 6 rings (SSSR count). The standard InChI is InChI=1S/C39H31N3O5/c43-39(44)38(42-45)37(29-17-21-33(22-18-29)46-25-31-13-7-15-35(40-31)27-9-3-1-4-10-27)30-19-23-34(24-20-30)47-26-32-14-8-16-36(41-32)28-11-5-2-6-12-28/h1-24,37,45H,25-26H2,(H,43,44)/b42-38-. The lowest BCUT2D eigenvalue weighted by atomic mass is 9.87. The normalized spacial score (nSPS) is 11.3. The molecule has 8 nitrogen and oxygen atoms in total. The second-order valence-corrected chi connectivity index (χ2v) is 10.7. The van der Waals surface area contributed by atoms with E-state index in [1.165, 1.54) is 0 Å². The zero-order valence-corrected chi connectivity index (χ0v) is 25.3. The Bertz CT molecular complexity index is 1830. The summed E-state index contributed by atoms with van der Waals surface area (Å²) < 4.78 is 12.0. The van der Waals surface area contributed by atoms with Crippen LogP contribution < -0.4 is 9.47 Å². The van der Waals surface area contributed by atoms with E-state index in [4.69, 9.17) is 19.4 Å². The zero-order valence-electron chi connectivity index (χ0n) is 25.3. The highest BCUT2D eigenvalue weighted by molar-refractivity contribution is 6.38. The number of benzene rings is 4. The van der Waals surface area contributed by atoms with E-state index in [1.54, 1.807) is 48.5 Å². The summed E-state index contributed by atoms with van der Waals surface area (Å²) in [5, 5.41) is 22.7. The van der Waals surface area contributed by atoms with Crippen molar-refractivity contribution in [3.05, 3.63) is 168 Å². The Labute approximate surface area is 272 Å². The highest BCUT2D eigenvalue weighted by atomic mass is 16.5. The fourth-order valence-corrected chi connectivity index (χ4v) is 5.22. The minimum absolute atomic E-state index is 0.259. The number of hydrogen-bond donors (Lipinski definition) is 2. The van der Waals surface area contributed by atoms with Crippen LogP contribution in [0.3, 0.4) is 0 Å². The molecule has 0 spiro atoms. The quantitative estimate of drug-likeness (QED) is 0.0808. The van der Waals surface area contributed by atoms with E-state index in [-0.39, 0.29) is 13.2 Å². The molecule has 8 heteroatoms. The first-order valence-corrected chi connectivity index (χ1v) is 15.0. The summed E-state index contributed by atoms with van der Waals surface area (Å²) in [5.74, 6) is -0.988. The number of carboxylic acids is 1. The molecule has 0 fully saturated rings. The van der Waals surface area contributed by atoms with Gasteiger partial charge >= 0.3 is 5.97 Å². The topological polar surface area (TPSA) is 114 Å². The van der Waals surface area contributed by atoms with Crippen LogP contribution in [0.25, 0.3) is 22.5 Å². The molecule has 6 aromatic rings. The predicted octanol–water partition coefficient (Wildman–Crippen LogP) is 8.02. The van der Waals surface area contributed by atoms with Crippen LogP contribution in [0, 0.1) is 0 Å². The van der Waals surface area contributed by atoms with Crippen LogP contribution in [0.4, 0.5) is 0 Å². The average molecular weight is 622 g/mol. The van der Waals surface area contributed by atoms with Gasteiger partial charge in [-0.15, -0.1) is 0 Å². The molecule has 0 unspecified atom stereocenters. The van der Waals surface area contributed by atoms with Gasteiger partial charge in [0.05, 0.1) is 28.7 Å². The lowest BCUT2D eigenvalue weighted by Gasteiger charge is -2.18. The first-order valence-electron chi connectivity index (χ1n) is 15.0. The van der Waals surface area contributed by atoms with Gasteiger partial charge in [0, 0.05) is 11.1 Å². The molecule has 0 amide bonds. The summed E-state index contributed by atoms with van der Waals surface area (Å²) in [7, 11) is 0.